The molecule has 2 aromatic rings. The molecule has 2 heteroatoms. The predicted octanol–water partition coefficient (Wildman–Crippen LogP) is 4.07. The molecular formula is C19H18O2. The van der Waals surface area contributed by atoms with E-state index in [4.69, 9.17) is 0 Å². The third-order valence-corrected chi connectivity index (χ3v) is 4.02. The van der Waals surface area contributed by atoms with Crippen LogP contribution >= 0.6 is 0 Å². The number of hydrogen-bond donors (Lipinski definition) is 0. The Hall–Kier alpha value is -2.22. The van der Waals surface area contributed by atoms with Gasteiger partial charge in [0.1, 0.15) is 11.6 Å². The summed E-state index contributed by atoms with van der Waals surface area (Å²) in [5, 5.41) is 0. The summed E-state index contributed by atoms with van der Waals surface area (Å²) in [5.41, 5.74) is 4.58. The molecule has 0 bridgehead atoms. The van der Waals surface area contributed by atoms with Gasteiger partial charge in [-0.3, -0.25) is 9.59 Å². The van der Waals surface area contributed by atoms with Crippen molar-refractivity contribution in [3.05, 3.63) is 59.7 Å². The number of ketones is 2. The van der Waals surface area contributed by atoms with Gasteiger partial charge in [-0.25, -0.2) is 0 Å². The number of rotatable bonds is 2. The second kappa shape index (κ2) is 5.65. The fraction of sp³-hybridized carbons (Fsp3) is 0.263. The Morgan fingerprint density at radius 3 is 2.19 bits per heavy atom. The molecule has 0 radical (unpaired) electrons. The number of Topliss-reactive ketones (excluding diaryl/α,β-unsaturated/α-hetero) is 2. The highest BCUT2D eigenvalue weighted by Crippen LogP contribution is 2.32. The Morgan fingerprint density at radius 1 is 0.857 bits per heavy atom. The van der Waals surface area contributed by atoms with Crippen molar-refractivity contribution >= 4 is 11.6 Å². The minimum Gasteiger partial charge on any atom is -0.299 e. The molecule has 2 nitrogen and oxygen atoms in total. The molecule has 1 aliphatic rings. The zero-order valence-corrected chi connectivity index (χ0v) is 12.1. The fourth-order valence-corrected chi connectivity index (χ4v) is 3.07. The highest BCUT2D eigenvalue weighted by molar-refractivity contribution is 6.02. The molecule has 0 atom stereocenters. The number of carbonyl (C=O) groups excluding carboxylic acids is 2. The van der Waals surface area contributed by atoms with E-state index < -0.39 is 0 Å². The van der Waals surface area contributed by atoms with Crippen LogP contribution in [0.5, 0.6) is 0 Å². The normalized spacial score (nSPS) is 16.2. The van der Waals surface area contributed by atoms with E-state index in [1.54, 1.807) is 0 Å². The van der Waals surface area contributed by atoms with E-state index in [1.165, 1.54) is 0 Å². The van der Waals surface area contributed by atoms with Gasteiger partial charge in [-0.15, -0.1) is 0 Å². The average Bonchev–Trinajstić information content (AvgIpc) is 2.46. The molecule has 0 aromatic heterocycles. The van der Waals surface area contributed by atoms with Crippen LogP contribution in [0.3, 0.4) is 0 Å². The summed E-state index contributed by atoms with van der Waals surface area (Å²) < 4.78 is 0. The van der Waals surface area contributed by atoms with Gasteiger partial charge in [0.15, 0.2) is 0 Å². The van der Waals surface area contributed by atoms with Crippen LogP contribution in [0.25, 0.3) is 11.1 Å². The zero-order valence-electron chi connectivity index (χ0n) is 12.1. The van der Waals surface area contributed by atoms with Crippen molar-refractivity contribution in [3.63, 3.8) is 0 Å². The molecule has 2 aromatic carbocycles. The van der Waals surface area contributed by atoms with Gasteiger partial charge in [0.25, 0.3) is 0 Å². The summed E-state index contributed by atoms with van der Waals surface area (Å²) in [6.45, 7) is 2.06. The first kappa shape index (κ1) is 13.7. The lowest BCUT2D eigenvalue weighted by molar-refractivity contribution is -0.130. The fourth-order valence-electron chi connectivity index (χ4n) is 3.07. The number of carbonyl (C=O) groups is 2. The topological polar surface area (TPSA) is 34.1 Å². The van der Waals surface area contributed by atoms with Crippen LogP contribution in [0.1, 0.15) is 36.3 Å². The van der Waals surface area contributed by atoms with Crippen molar-refractivity contribution in [2.75, 3.05) is 0 Å². The average molecular weight is 278 g/mol. The van der Waals surface area contributed by atoms with Crippen LogP contribution in [-0.2, 0) is 9.59 Å². The first-order chi connectivity index (χ1) is 10.1. The van der Waals surface area contributed by atoms with Gasteiger partial charge in [0, 0.05) is 12.8 Å². The molecule has 0 amide bonds. The summed E-state index contributed by atoms with van der Waals surface area (Å²) in [7, 11) is 0. The molecule has 0 saturated heterocycles. The first-order valence-corrected chi connectivity index (χ1v) is 7.32. The SMILES string of the molecule is Cc1cc(-c2ccccc2)cc(C2CC(=O)CC(=O)C2)c1. The Balaban J connectivity index is 1.98. The molecule has 1 aliphatic carbocycles. The molecule has 3 rings (SSSR count). The number of aryl methyl sites for hydroxylation is 1. The van der Waals surface area contributed by atoms with Crippen molar-refractivity contribution < 1.29 is 9.59 Å². The van der Waals surface area contributed by atoms with Crippen molar-refractivity contribution in [1.82, 2.24) is 0 Å². The van der Waals surface area contributed by atoms with E-state index in [0.29, 0.717) is 12.8 Å². The quantitative estimate of drug-likeness (QED) is 0.776. The summed E-state index contributed by atoms with van der Waals surface area (Å²) >= 11 is 0. The Labute approximate surface area is 124 Å². The highest BCUT2D eigenvalue weighted by atomic mass is 16.1. The van der Waals surface area contributed by atoms with Crippen molar-refractivity contribution in [3.8, 4) is 11.1 Å². The maximum absolute atomic E-state index is 11.7. The van der Waals surface area contributed by atoms with Gasteiger partial charge < -0.3 is 0 Å². The van der Waals surface area contributed by atoms with Crippen LogP contribution in [0.4, 0.5) is 0 Å². The molecule has 0 unspecified atom stereocenters. The Kier molecular flexibility index (Phi) is 3.70. The largest absolute Gasteiger partial charge is 0.299 e. The van der Waals surface area contributed by atoms with Gasteiger partial charge in [0.05, 0.1) is 6.42 Å². The van der Waals surface area contributed by atoms with Crippen molar-refractivity contribution in [1.29, 1.82) is 0 Å². The van der Waals surface area contributed by atoms with Crippen LogP contribution in [-0.4, -0.2) is 11.6 Å². The van der Waals surface area contributed by atoms with Gasteiger partial charge in [-0.05, 0) is 29.5 Å². The third-order valence-electron chi connectivity index (χ3n) is 4.02. The second-order valence-electron chi connectivity index (χ2n) is 5.86. The van der Waals surface area contributed by atoms with Crippen LogP contribution in [0.15, 0.2) is 48.5 Å². The van der Waals surface area contributed by atoms with E-state index in [2.05, 4.69) is 37.3 Å². The zero-order chi connectivity index (χ0) is 14.8. The van der Waals surface area contributed by atoms with E-state index in [1.807, 2.05) is 18.2 Å². The van der Waals surface area contributed by atoms with Gasteiger partial charge in [-0.2, -0.15) is 0 Å². The first-order valence-electron chi connectivity index (χ1n) is 7.32. The molecular weight excluding hydrogens is 260 g/mol. The van der Waals surface area contributed by atoms with E-state index >= 15 is 0 Å². The lowest BCUT2D eigenvalue weighted by Gasteiger charge is -2.21. The molecule has 0 aliphatic heterocycles. The van der Waals surface area contributed by atoms with E-state index in [-0.39, 0.29) is 23.9 Å². The smallest absolute Gasteiger partial charge is 0.140 e. The number of benzene rings is 2. The van der Waals surface area contributed by atoms with Gasteiger partial charge >= 0.3 is 0 Å². The number of hydrogen-bond acceptors (Lipinski definition) is 2. The highest BCUT2D eigenvalue weighted by Gasteiger charge is 2.26. The van der Waals surface area contributed by atoms with Crippen LogP contribution in [0.2, 0.25) is 0 Å². The maximum Gasteiger partial charge on any atom is 0.140 e. The monoisotopic (exact) mass is 278 g/mol. The van der Waals surface area contributed by atoms with Crippen molar-refractivity contribution in [2.24, 2.45) is 0 Å². The van der Waals surface area contributed by atoms with E-state index in [0.717, 1.165) is 22.3 Å². The lowest BCUT2D eigenvalue weighted by Crippen LogP contribution is -2.21. The summed E-state index contributed by atoms with van der Waals surface area (Å²) in [5.74, 6) is 0.180. The lowest BCUT2D eigenvalue weighted by atomic mass is 9.81. The predicted molar refractivity (Wildman–Crippen MR) is 83.2 cm³/mol. The molecule has 106 valence electrons. The minimum atomic E-state index is 0.0427. The van der Waals surface area contributed by atoms with Crippen LogP contribution in [0, 0.1) is 6.92 Å². The van der Waals surface area contributed by atoms with E-state index in [9.17, 15) is 9.59 Å². The molecule has 1 fully saturated rings. The summed E-state index contributed by atoms with van der Waals surface area (Å²) in [4.78, 5) is 23.4. The van der Waals surface area contributed by atoms with Crippen LogP contribution < -0.4 is 0 Å². The molecule has 0 N–H and O–H groups in total. The minimum absolute atomic E-state index is 0.0427. The molecule has 0 heterocycles. The molecule has 1 saturated carbocycles. The van der Waals surface area contributed by atoms with Gasteiger partial charge in [-0.1, -0.05) is 54.1 Å². The Morgan fingerprint density at radius 2 is 1.52 bits per heavy atom. The molecule has 21 heavy (non-hydrogen) atoms. The van der Waals surface area contributed by atoms with Crippen molar-refractivity contribution in [2.45, 2.75) is 32.1 Å². The summed E-state index contributed by atoms with van der Waals surface area (Å²) in [6, 6.07) is 16.6. The molecule has 0 spiro atoms. The summed E-state index contributed by atoms with van der Waals surface area (Å²) in [6.07, 6.45) is 1.10. The third kappa shape index (κ3) is 3.10. The Bertz CT molecular complexity index is 670. The second-order valence-corrected chi connectivity index (χ2v) is 5.86. The van der Waals surface area contributed by atoms with Gasteiger partial charge in [0.2, 0.25) is 0 Å². The maximum atomic E-state index is 11.7. The standard InChI is InChI=1S/C19H18O2/c1-13-7-15(14-5-3-2-4-6-14)9-16(8-13)17-10-18(20)12-19(21)11-17/h2-9,17H,10-12H2,1H3.